The van der Waals surface area contributed by atoms with Crippen LogP contribution in [0.3, 0.4) is 0 Å². The average Bonchev–Trinajstić information content (AvgIpc) is 3.18. The fourth-order valence-corrected chi connectivity index (χ4v) is 3.93. The van der Waals surface area contributed by atoms with Gasteiger partial charge in [0.2, 0.25) is 5.88 Å². The number of hydrogen-bond donors (Lipinski definition) is 0. The molecular formula is C26H24F3N3O3. The Balaban J connectivity index is 1.62. The number of ether oxygens (including phenoxy) is 2. The van der Waals surface area contributed by atoms with E-state index in [1.54, 1.807) is 24.3 Å². The van der Waals surface area contributed by atoms with Gasteiger partial charge in [-0.15, -0.1) is 0 Å². The standard InChI is InChI=1S/C26H24F3N3O3/c1-16(17-7-5-4-6-8-17)13-19(33)15-35-22-14-21(26(27,28)29)23-24(31-32(2)25(23)30-22)18-9-11-20(34-3)12-10-18/h4-12,14,16H,13,15H2,1-3H3/t16-/m1/s1. The quantitative estimate of drug-likeness (QED) is 0.317. The largest absolute Gasteiger partial charge is 0.497 e. The third-order valence-corrected chi connectivity index (χ3v) is 5.72. The first kappa shape index (κ1) is 24.3. The Morgan fingerprint density at radius 1 is 1.09 bits per heavy atom. The first-order valence-electron chi connectivity index (χ1n) is 11.0. The number of hydrogen-bond acceptors (Lipinski definition) is 5. The number of Topliss-reactive ketones (excluding diaryl/α,β-unsaturated/α-hetero) is 1. The lowest BCUT2D eigenvalue weighted by Gasteiger charge is -2.13. The van der Waals surface area contributed by atoms with Crippen molar-refractivity contribution in [2.45, 2.75) is 25.4 Å². The molecule has 2 aromatic carbocycles. The molecule has 0 fully saturated rings. The maximum Gasteiger partial charge on any atom is 0.417 e. The number of fused-ring (bicyclic) bond motifs is 1. The third-order valence-electron chi connectivity index (χ3n) is 5.72. The van der Waals surface area contributed by atoms with Gasteiger partial charge in [0.1, 0.15) is 18.1 Å². The third kappa shape index (κ3) is 5.29. The number of carbonyl (C=O) groups is 1. The molecule has 2 heterocycles. The second kappa shape index (κ2) is 9.77. The molecule has 0 bridgehead atoms. The summed E-state index contributed by atoms with van der Waals surface area (Å²) in [6.45, 7) is 1.53. The van der Waals surface area contributed by atoms with Crippen LogP contribution in [0.1, 0.15) is 30.4 Å². The minimum atomic E-state index is -4.69. The molecule has 0 saturated heterocycles. The summed E-state index contributed by atoms with van der Waals surface area (Å²) in [5.41, 5.74) is 0.708. The van der Waals surface area contributed by atoms with E-state index in [9.17, 15) is 18.0 Å². The molecule has 1 atom stereocenters. The molecule has 9 heteroatoms. The van der Waals surface area contributed by atoms with Crippen molar-refractivity contribution in [3.05, 3.63) is 71.8 Å². The lowest BCUT2D eigenvalue weighted by atomic mass is 9.96. The summed E-state index contributed by atoms with van der Waals surface area (Å²) in [6.07, 6.45) is -4.49. The zero-order valence-electron chi connectivity index (χ0n) is 19.5. The molecule has 2 aromatic heterocycles. The molecule has 0 amide bonds. The number of carbonyl (C=O) groups excluding carboxylic acids is 1. The van der Waals surface area contributed by atoms with Gasteiger partial charge in [0.05, 0.1) is 18.1 Å². The van der Waals surface area contributed by atoms with Crippen LogP contribution >= 0.6 is 0 Å². The highest BCUT2D eigenvalue weighted by molar-refractivity contribution is 5.94. The normalized spacial score (nSPS) is 12.5. The van der Waals surface area contributed by atoms with Gasteiger partial charge in [-0.25, -0.2) is 4.68 Å². The highest BCUT2D eigenvalue weighted by Gasteiger charge is 2.36. The molecule has 0 unspecified atom stereocenters. The summed E-state index contributed by atoms with van der Waals surface area (Å²) in [7, 11) is 3.02. The lowest BCUT2D eigenvalue weighted by molar-refractivity contribution is -0.136. The van der Waals surface area contributed by atoms with E-state index < -0.39 is 11.7 Å². The summed E-state index contributed by atoms with van der Waals surface area (Å²) < 4.78 is 54.0. The molecule has 0 N–H and O–H groups in total. The first-order valence-corrected chi connectivity index (χ1v) is 11.0. The van der Waals surface area contributed by atoms with Crippen molar-refractivity contribution in [3.63, 3.8) is 0 Å². The number of alkyl halides is 3. The summed E-state index contributed by atoms with van der Waals surface area (Å²) >= 11 is 0. The Bertz CT molecular complexity index is 1330. The van der Waals surface area contributed by atoms with Gasteiger partial charge < -0.3 is 9.47 Å². The van der Waals surface area contributed by atoms with Crippen LogP contribution in [0.15, 0.2) is 60.7 Å². The van der Waals surface area contributed by atoms with E-state index in [4.69, 9.17) is 9.47 Å². The number of nitrogens with zero attached hydrogens (tertiary/aromatic N) is 3. The van der Waals surface area contributed by atoms with E-state index in [0.29, 0.717) is 11.3 Å². The van der Waals surface area contributed by atoms with Crippen LogP contribution in [0.4, 0.5) is 13.2 Å². The van der Waals surface area contributed by atoms with E-state index in [0.717, 1.165) is 11.6 Å². The van der Waals surface area contributed by atoms with Crippen LogP contribution in [0.25, 0.3) is 22.3 Å². The van der Waals surface area contributed by atoms with E-state index in [2.05, 4.69) is 10.1 Å². The minimum Gasteiger partial charge on any atom is -0.497 e. The number of ketones is 1. The number of halogens is 3. The molecule has 0 aliphatic heterocycles. The Kier molecular flexibility index (Phi) is 6.77. The van der Waals surface area contributed by atoms with Gasteiger partial charge in [-0.1, -0.05) is 37.3 Å². The summed E-state index contributed by atoms with van der Waals surface area (Å²) in [4.78, 5) is 16.7. The van der Waals surface area contributed by atoms with Crippen LogP contribution in [0.5, 0.6) is 11.6 Å². The Labute approximate surface area is 200 Å². The predicted octanol–water partition coefficient (Wildman–Crippen LogP) is 5.80. The van der Waals surface area contributed by atoms with Crippen LogP contribution < -0.4 is 9.47 Å². The number of rotatable bonds is 8. The number of pyridine rings is 1. The fourth-order valence-electron chi connectivity index (χ4n) is 3.93. The highest BCUT2D eigenvalue weighted by atomic mass is 19.4. The molecule has 4 aromatic rings. The van der Waals surface area contributed by atoms with Crippen molar-refractivity contribution >= 4 is 16.8 Å². The summed E-state index contributed by atoms with van der Waals surface area (Å²) in [6, 6.07) is 16.9. The van der Waals surface area contributed by atoms with Crippen molar-refractivity contribution in [2.24, 2.45) is 7.05 Å². The van der Waals surface area contributed by atoms with E-state index >= 15 is 0 Å². The molecule has 4 rings (SSSR count). The van der Waals surface area contributed by atoms with Crippen molar-refractivity contribution in [3.8, 4) is 22.9 Å². The monoisotopic (exact) mass is 483 g/mol. The van der Waals surface area contributed by atoms with Gasteiger partial charge in [-0.05, 0) is 35.7 Å². The summed E-state index contributed by atoms with van der Waals surface area (Å²) in [5.74, 6) is 0.0123. The zero-order chi connectivity index (χ0) is 25.2. The van der Waals surface area contributed by atoms with Gasteiger partial charge in [-0.3, -0.25) is 4.79 Å². The Morgan fingerprint density at radius 3 is 2.40 bits per heavy atom. The second-order valence-electron chi connectivity index (χ2n) is 8.25. The van der Waals surface area contributed by atoms with Crippen molar-refractivity contribution in [1.29, 1.82) is 0 Å². The summed E-state index contributed by atoms with van der Waals surface area (Å²) in [5, 5.41) is 4.15. The Morgan fingerprint density at radius 2 is 1.77 bits per heavy atom. The minimum absolute atomic E-state index is 0.00532. The lowest BCUT2D eigenvalue weighted by Crippen LogP contribution is -2.15. The number of benzene rings is 2. The van der Waals surface area contributed by atoms with Gasteiger partial charge >= 0.3 is 6.18 Å². The van der Waals surface area contributed by atoms with Crippen molar-refractivity contribution < 1.29 is 27.4 Å². The van der Waals surface area contributed by atoms with Gasteiger partial charge in [0.25, 0.3) is 0 Å². The molecule has 0 aliphatic carbocycles. The molecule has 0 spiro atoms. The average molecular weight is 483 g/mol. The maximum atomic E-state index is 14.1. The van der Waals surface area contributed by atoms with E-state index in [1.165, 1.54) is 18.8 Å². The number of aromatic nitrogens is 3. The molecule has 6 nitrogen and oxygen atoms in total. The van der Waals surface area contributed by atoms with Crippen LogP contribution in [0.2, 0.25) is 0 Å². The van der Waals surface area contributed by atoms with Gasteiger partial charge in [-0.2, -0.15) is 23.3 Å². The molecule has 0 radical (unpaired) electrons. The molecule has 0 saturated carbocycles. The number of aryl methyl sites for hydroxylation is 1. The van der Waals surface area contributed by atoms with Crippen LogP contribution in [0, 0.1) is 0 Å². The van der Waals surface area contributed by atoms with Gasteiger partial charge in [0, 0.05) is 25.1 Å². The zero-order valence-corrected chi connectivity index (χ0v) is 19.5. The second-order valence-corrected chi connectivity index (χ2v) is 8.25. The van der Waals surface area contributed by atoms with Crippen LogP contribution in [-0.4, -0.2) is 34.3 Å². The maximum absolute atomic E-state index is 14.1. The topological polar surface area (TPSA) is 66.2 Å². The smallest absolute Gasteiger partial charge is 0.417 e. The molecule has 182 valence electrons. The fraction of sp³-hybridized carbons (Fsp3) is 0.269. The van der Waals surface area contributed by atoms with E-state index in [-0.39, 0.29) is 47.3 Å². The molecule has 35 heavy (non-hydrogen) atoms. The van der Waals surface area contributed by atoms with Gasteiger partial charge in [0.15, 0.2) is 11.4 Å². The molecule has 0 aliphatic rings. The highest BCUT2D eigenvalue weighted by Crippen LogP contribution is 2.40. The SMILES string of the molecule is COc1ccc(-c2nn(C)c3nc(OCC(=O)C[C@@H](C)c4ccccc4)cc(C(F)(F)F)c23)cc1. The predicted molar refractivity (Wildman–Crippen MR) is 125 cm³/mol. The Hall–Kier alpha value is -3.88. The van der Waals surface area contributed by atoms with Crippen molar-refractivity contribution in [2.75, 3.05) is 13.7 Å². The number of methoxy groups -OCH3 is 1. The van der Waals surface area contributed by atoms with Crippen molar-refractivity contribution in [1.82, 2.24) is 14.8 Å². The van der Waals surface area contributed by atoms with Crippen LogP contribution in [-0.2, 0) is 18.0 Å². The van der Waals surface area contributed by atoms with E-state index in [1.807, 2.05) is 37.3 Å². The first-order chi connectivity index (χ1) is 16.7. The molecular weight excluding hydrogens is 459 g/mol.